The number of aliphatic hydroxyl groups excluding tert-OH is 1. The fraction of sp³-hybridized carbons (Fsp3) is 0.667. The molecule has 0 spiro atoms. The average Bonchev–Trinajstić information content (AvgIpc) is 2.51. The molecule has 1 aromatic rings. The normalized spacial score (nSPS) is 22.9. The second-order valence-corrected chi connectivity index (χ2v) is 6.13. The number of aliphatic hydroxyl groups is 1. The van der Waals surface area contributed by atoms with E-state index in [1.165, 1.54) is 24.8 Å². The molecule has 0 radical (unpaired) electrons. The molecule has 2 rings (SSSR count). The van der Waals surface area contributed by atoms with Gasteiger partial charge >= 0.3 is 0 Å². The zero-order valence-corrected chi connectivity index (χ0v) is 13.4. The van der Waals surface area contributed by atoms with Crippen LogP contribution in [0.4, 0.5) is 0 Å². The summed E-state index contributed by atoms with van der Waals surface area (Å²) in [6, 6.07) is 10.9. The van der Waals surface area contributed by atoms with Crippen molar-refractivity contribution in [3.8, 4) is 0 Å². The summed E-state index contributed by atoms with van der Waals surface area (Å²) < 4.78 is 5.94. The highest BCUT2D eigenvalue weighted by Crippen LogP contribution is 2.21. The van der Waals surface area contributed by atoms with Crippen molar-refractivity contribution in [2.45, 2.75) is 57.8 Å². The Kier molecular flexibility index (Phi) is 6.68. The summed E-state index contributed by atoms with van der Waals surface area (Å²) in [5.41, 5.74) is 1.19. The first-order valence-corrected chi connectivity index (χ1v) is 8.29. The highest BCUT2D eigenvalue weighted by molar-refractivity contribution is 5.17. The van der Waals surface area contributed by atoms with Gasteiger partial charge in [0, 0.05) is 12.6 Å². The maximum absolute atomic E-state index is 10.2. The molecule has 0 aromatic heterocycles. The molecule has 118 valence electrons. The molecule has 1 aliphatic rings. The molecular weight excluding hydrogens is 262 g/mol. The molecule has 1 N–H and O–H groups in total. The van der Waals surface area contributed by atoms with Gasteiger partial charge < -0.3 is 9.84 Å². The molecule has 0 saturated carbocycles. The van der Waals surface area contributed by atoms with Crippen LogP contribution in [0.3, 0.4) is 0 Å². The Bertz CT molecular complexity index is 395. The number of hydrogen-bond donors (Lipinski definition) is 1. The van der Waals surface area contributed by atoms with Gasteiger partial charge in [-0.3, -0.25) is 4.90 Å². The first kappa shape index (κ1) is 16.5. The van der Waals surface area contributed by atoms with Gasteiger partial charge in [-0.15, -0.1) is 0 Å². The number of hydrogen-bond acceptors (Lipinski definition) is 3. The fourth-order valence-corrected chi connectivity index (χ4v) is 3.10. The number of likely N-dealkylation sites (tertiary alicyclic amines) is 1. The Morgan fingerprint density at radius 1 is 1.29 bits per heavy atom. The highest BCUT2D eigenvalue weighted by atomic mass is 16.5. The lowest BCUT2D eigenvalue weighted by atomic mass is 10.0. The quantitative estimate of drug-likeness (QED) is 0.836. The minimum atomic E-state index is -0.400. The summed E-state index contributed by atoms with van der Waals surface area (Å²) in [5, 5.41) is 10.2. The van der Waals surface area contributed by atoms with Crippen LogP contribution in [0, 0.1) is 0 Å². The van der Waals surface area contributed by atoms with Crippen LogP contribution in [0.5, 0.6) is 0 Å². The van der Waals surface area contributed by atoms with Gasteiger partial charge in [0.2, 0.25) is 0 Å². The molecule has 1 fully saturated rings. The Morgan fingerprint density at radius 2 is 2.05 bits per heavy atom. The molecule has 3 atom stereocenters. The molecule has 0 unspecified atom stereocenters. The monoisotopic (exact) mass is 291 g/mol. The molecule has 21 heavy (non-hydrogen) atoms. The topological polar surface area (TPSA) is 32.7 Å². The van der Waals surface area contributed by atoms with Gasteiger partial charge in [-0.25, -0.2) is 0 Å². The first-order chi connectivity index (χ1) is 10.2. The van der Waals surface area contributed by atoms with Crippen LogP contribution in [-0.2, 0) is 4.74 Å². The van der Waals surface area contributed by atoms with Gasteiger partial charge in [0.15, 0.2) is 0 Å². The lowest BCUT2D eigenvalue weighted by Gasteiger charge is -2.34. The van der Waals surface area contributed by atoms with E-state index in [-0.39, 0.29) is 6.10 Å². The largest absolute Gasteiger partial charge is 0.389 e. The molecule has 3 nitrogen and oxygen atoms in total. The zero-order chi connectivity index (χ0) is 15.1. The van der Waals surface area contributed by atoms with Crippen molar-refractivity contribution < 1.29 is 9.84 Å². The molecule has 1 heterocycles. The Hall–Kier alpha value is -0.900. The van der Waals surface area contributed by atoms with Crippen LogP contribution in [0.2, 0.25) is 0 Å². The lowest BCUT2D eigenvalue weighted by Crippen LogP contribution is -2.43. The van der Waals surface area contributed by atoms with Crippen LogP contribution in [-0.4, -0.2) is 41.8 Å². The smallest absolute Gasteiger partial charge is 0.0900 e. The minimum absolute atomic E-state index is 0.0830. The van der Waals surface area contributed by atoms with Crippen molar-refractivity contribution in [3.05, 3.63) is 35.9 Å². The van der Waals surface area contributed by atoms with Gasteiger partial charge in [-0.1, -0.05) is 43.7 Å². The Balaban J connectivity index is 1.78. The van der Waals surface area contributed by atoms with Crippen molar-refractivity contribution in [3.63, 3.8) is 0 Å². The van der Waals surface area contributed by atoms with Crippen LogP contribution in [0.15, 0.2) is 30.3 Å². The van der Waals surface area contributed by atoms with E-state index in [2.05, 4.69) is 30.9 Å². The molecule has 1 aliphatic heterocycles. The summed E-state index contributed by atoms with van der Waals surface area (Å²) in [6.45, 7) is 6.62. The SMILES string of the molecule is CC[C@H](OC[C@@H](O)CN1CCCC[C@@H]1C)c1ccccc1. The van der Waals surface area contributed by atoms with Crippen LogP contribution < -0.4 is 0 Å². The van der Waals surface area contributed by atoms with Crippen LogP contribution >= 0.6 is 0 Å². The average molecular weight is 291 g/mol. The number of piperidine rings is 1. The van der Waals surface area contributed by atoms with Crippen LogP contribution in [0.25, 0.3) is 0 Å². The summed E-state index contributed by atoms with van der Waals surface area (Å²) in [6.07, 6.45) is 4.42. The standard InChI is InChI=1S/C18H29NO2/c1-3-18(16-10-5-4-6-11-16)21-14-17(20)13-19-12-8-7-9-15(19)2/h4-6,10-11,15,17-18,20H,3,7-9,12-14H2,1-2H3/t15-,17-,18-/m0/s1. The van der Waals surface area contributed by atoms with Crippen molar-refractivity contribution in [2.75, 3.05) is 19.7 Å². The van der Waals surface area contributed by atoms with Gasteiger partial charge in [0.05, 0.1) is 18.8 Å². The van der Waals surface area contributed by atoms with E-state index in [9.17, 15) is 5.11 Å². The number of ether oxygens (including phenoxy) is 1. The van der Waals surface area contributed by atoms with E-state index in [0.717, 1.165) is 19.5 Å². The van der Waals surface area contributed by atoms with Gasteiger partial charge in [-0.05, 0) is 38.3 Å². The predicted molar refractivity (Wildman–Crippen MR) is 86.3 cm³/mol. The minimum Gasteiger partial charge on any atom is -0.389 e. The first-order valence-electron chi connectivity index (χ1n) is 8.29. The Labute approximate surface area is 128 Å². The van der Waals surface area contributed by atoms with E-state index in [1.807, 2.05) is 18.2 Å². The predicted octanol–water partition coefficient (Wildman–Crippen LogP) is 3.39. The van der Waals surface area contributed by atoms with Crippen molar-refractivity contribution in [1.82, 2.24) is 4.90 Å². The van der Waals surface area contributed by atoms with Crippen molar-refractivity contribution in [1.29, 1.82) is 0 Å². The van der Waals surface area contributed by atoms with E-state index >= 15 is 0 Å². The molecule has 1 aromatic carbocycles. The van der Waals surface area contributed by atoms with Crippen molar-refractivity contribution in [2.24, 2.45) is 0 Å². The third-order valence-electron chi connectivity index (χ3n) is 4.42. The van der Waals surface area contributed by atoms with Gasteiger partial charge in [0.1, 0.15) is 0 Å². The van der Waals surface area contributed by atoms with Crippen LogP contribution in [0.1, 0.15) is 51.2 Å². The third kappa shape index (κ3) is 5.10. The van der Waals surface area contributed by atoms with E-state index < -0.39 is 6.10 Å². The summed E-state index contributed by atoms with van der Waals surface area (Å²) in [4.78, 5) is 2.39. The Morgan fingerprint density at radius 3 is 2.71 bits per heavy atom. The second-order valence-electron chi connectivity index (χ2n) is 6.13. The summed E-state index contributed by atoms with van der Waals surface area (Å²) in [5.74, 6) is 0. The summed E-state index contributed by atoms with van der Waals surface area (Å²) in [7, 11) is 0. The van der Waals surface area contributed by atoms with E-state index in [1.54, 1.807) is 0 Å². The maximum atomic E-state index is 10.2. The summed E-state index contributed by atoms with van der Waals surface area (Å²) >= 11 is 0. The van der Waals surface area contributed by atoms with Gasteiger partial charge in [0.25, 0.3) is 0 Å². The number of benzene rings is 1. The third-order valence-corrected chi connectivity index (χ3v) is 4.42. The van der Waals surface area contributed by atoms with E-state index in [4.69, 9.17) is 4.74 Å². The maximum Gasteiger partial charge on any atom is 0.0900 e. The highest BCUT2D eigenvalue weighted by Gasteiger charge is 2.21. The fourth-order valence-electron chi connectivity index (χ4n) is 3.10. The van der Waals surface area contributed by atoms with E-state index in [0.29, 0.717) is 12.6 Å². The number of nitrogens with zero attached hydrogens (tertiary/aromatic N) is 1. The second kappa shape index (κ2) is 8.52. The molecule has 0 aliphatic carbocycles. The lowest BCUT2D eigenvalue weighted by molar-refractivity contribution is -0.0303. The zero-order valence-electron chi connectivity index (χ0n) is 13.4. The number of rotatable bonds is 7. The molecule has 0 bridgehead atoms. The molecule has 1 saturated heterocycles. The molecule has 3 heteroatoms. The molecule has 0 amide bonds. The molecular formula is C18H29NO2. The number of β-amino-alcohol motifs (C(OH)–C–C–N with tert-alkyl or cyclic N) is 1. The van der Waals surface area contributed by atoms with Crippen molar-refractivity contribution >= 4 is 0 Å². The van der Waals surface area contributed by atoms with Gasteiger partial charge in [-0.2, -0.15) is 0 Å².